The number of ether oxygens (including phenoxy) is 1. The number of carbonyl (C=O) groups excluding carboxylic acids is 2. The number of amides is 3. The van der Waals surface area contributed by atoms with Gasteiger partial charge in [0.25, 0.3) is 0 Å². The lowest BCUT2D eigenvalue weighted by molar-refractivity contribution is -0.253. The summed E-state index contributed by atoms with van der Waals surface area (Å²) in [5, 5.41) is 47.4. The highest BCUT2D eigenvalue weighted by Crippen LogP contribution is 2.33. The highest BCUT2D eigenvalue weighted by Gasteiger charge is 2.44. The molecule has 3 aliphatic heterocycles. The van der Waals surface area contributed by atoms with Gasteiger partial charge in [0.15, 0.2) is 6.29 Å². The van der Waals surface area contributed by atoms with E-state index >= 15 is 0 Å². The molecule has 3 fully saturated rings. The van der Waals surface area contributed by atoms with Crippen LogP contribution in [0, 0.1) is 0 Å². The molecule has 7 N–H and O–H groups in total. The van der Waals surface area contributed by atoms with E-state index in [1.165, 1.54) is 0 Å². The standard InChI is InChI=1S/C16H27N3O7S/c20-5-8-13(22)14(23)12(15(24)26-8)18-10(21)4-2-1-3-9-11-7(6-27-9)17-16(25)19-11/h7-9,11-15,20,22-24H,1-6H2,(H,18,21)(H2,17,19,25)/t7?,8-,9?,11?,12+,13-,14-,15-/m1/s1. The number of aliphatic hydroxyl groups is 4. The first-order valence-electron chi connectivity index (χ1n) is 9.19. The smallest absolute Gasteiger partial charge is 0.315 e. The van der Waals surface area contributed by atoms with Crippen molar-refractivity contribution < 1.29 is 34.8 Å². The number of rotatable bonds is 7. The van der Waals surface area contributed by atoms with Crippen LogP contribution in [0.1, 0.15) is 25.7 Å². The van der Waals surface area contributed by atoms with Crippen LogP contribution in [0.15, 0.2) is 0 Å². The molecular weight excluding hydrogens is 378 g/mol. The average molecular weight is 405 g/mol. The molecule has 3 aliphatic rings. The number of urea groups is 1. The summed E-state index contributed by atoms with van der Waals surface area (Å²) in [7, 11) is 0. The van der Waals surface area contributed by atoms with Gasteiger partial charge in [-0.2, -0.15) is 11.8 Å². The van der Waals surface area contributed by atoms with Crippen LogP contribution in [0.4, 0.5) is 4.79 Å². The Bertz CT molecular complexity index is 554. The molecule has 3 unspecified atom stereocenters. The summed E-state index contributed by atoms with van der Waals surface area (Å²) in [5.74, 6) is 0.535. The van der Waals surface area contributed by atoms with Crippen LogP contribution in [-0.2, 0) is 9.53 Å². The van der Waals surface area contributed by atoms with Gasteiger partial charge >= 0.3 is 6.03 Å². The second-order valence-corrected chi connectivity index (χ2v) is 8.46. The van der Waals surface area contributed by atoms with E-state index in [0.717, 1.165) is 18.6 Å². The van der Waals surface area contributed by atoms with Gasteiger partial charge in [0.05, 0.1) is 18.7 Å². The third-order valence-electron chi connectivity index (χ3n) is 5.31. The SMILES string of the molecule is O=C(CCCCC1SCC2NC(=O)NC21)N[C@H]1[C@@H](O)[C@H](O)[C@@H](CO)O[C@H]1O. The number of thioether (sulfide) groups is 1. The number of hydrogen-bond donors (Lipinski definition) is 7. The summed E-state index contributed by atoms with van der Waals surface area (Å²) >= 11 is 1.82. The molecule has 8 atom stereocenters. The molecule has 3 heterocycles. The summed E-state index contributed by atoms with van der Waals surface area (Å²) in [6.07, 6.45) is -2.89. The third-order valence-corrected chi connectivity index (χ3v) is 6.82. The number of hydrogen-bond acceptors (Lipinski definition) is 8. The van der Waals surface area contributed by atoms with E-state index in [-0.39, 0.29) is 30.4 Å². The minimum Gasteiger partial charge on any atom is -0.394 e. The maximum atomic E-state index is 12.1. The first kappa shape index (κ1) is 20.6. The van der Waals surface area contributed by atoms with Crippen molar-refractivity contribution in [3.8, 4) is 0 Å². The van der Waals surface area contributed by atoms with E-state index in [9.17, 15) is 24.9 Å². The molecule has 0 aromatic rings. The Labute approximate surface area is 161 Å². The summed E-state index contributed by atoms with van der Waals surface area (Å²) < 4.78 is 5.01. The maximum Gasteiger partial charge on any atom is 0.315 e. The zero-order chi connectivity index (χ0) is 19.6. The van der Waals surface area contributed by atoms with Crippen molar-refractivity contribution in [3.05, 3.63) is 0 Å². The summed E-state index contributed by atoms with van der Waals surface area (Å²) in [4.78, 5) is 23.4. The van der Waals surface area contributed by atoms with E-state index in [2.05, 4.69) is 16.0 Å². The van der Waals surface area contributed by atoms with Gasteiger partial charge in [-0.3, -0.25) is 4.79 Å². The number of nitrogens with one attached hydrogen (secondary N) is 3. The molecular formula is C16H27N3O7S. The van der Waals surface area contributed by atoms with Crippen LogP contribution in [0.25, 0.3) is 0 Å². The minimum absolute atomic E-state index is 0.118. The first-order chi connectivity index (χ1) is 12.9. The van der Waals surface area contributed by atoms with Crippen molar-refractivity contribution in [1.29, 1.82) is 0 Å². The maximum absolute atomic E-state index is 12.1. The molecule has 3 saturated heterocycles. The monoisotopic (exact) mass is 405 g/mol. The minimum atomic E-state index is -1.50. The largest absolute Gasteiger partial charge is 0.394 e. The molecule has 0 aliphatic carbocycles. The second-order valence-electron chi connectivity index (χ2n) is 7.19. The lowest BCUT2D eigenvalue weighted by Crippen LogP contribution is -2.64. The Balaban J connectivity index is 1.37. The second kappa shape index (κ2) is 8.93. The molecule has 3 amide bonds. The first-order valence-corrected chi connectivity index (χ1v) is 10.2. The third kappa shape index (κ3) is 4.66. The fourth-order valence-corrected chi connectivity index (χ4v) is 5.33. The Kier molecular flexibility index (Phi) is 6.82. The Morgan fingerprint density at radius 1 is 1.22 bits per heavy atom. The molecule has 3 rings (SSSR count). The molecule has 0 bridgehead atoms. The zero-order valence-corrected chi connectivity index (χ0v) is 15.6. The molecule has 0 aromatic heterocycles. The molecule has 0 radical (unpaired) electrons. The van der Waals surface area contributed by atoms with Crippen molar-refractivity contribution in [2.75, 3.05) is 12.4 Å². The van der Waals surface area contributed by atoms with E-state index in [0.29, 0.717) is 11.7 Å². The molecule has 0 spiro atoms. The molecule has 11 heteroatoms. The van der Waals surface area contributed by atoms with Gasteiger partial charge in [-0.1, -0.05) is 6.42 Å². The van der Waals surface area contributed by atoms with Crippen molar-refractivity contribution in [1.82, 2.24) is 16.0 Å². The van der Waals surface area contributed by atoms with Crippen LogP contribution in [0.2, 0.25) is 0 Å². The molecule has 27 heavy (non-hydrogen) atoms. The lowest BCUT2D eigenvalue weighted by Gasteiger charge is -2.40. The number of fused-ring (bicyclic) bond motifs is 1. The summed E-state index contributed by atoms with van der Waals surface area (Å²) in [6, 6.07) is -0.949. The number of unbranched alkanes of at least 4 members (excludes halogenated alkanes) is 1. The Hall–Kier alpha value is -1.11. The topological polar surface area (TPSA) is 160 Å². The molecule has 0 aromatic carbocycles. The highest BCUT2D eigenvalue weighted by atomic mass is 32.2. The normalized spacial score (nSPS) is 41.0. The Morgan fingerprint density at radius 2 is 2.00 bits per heavy atom. The van der Waals surface area contributed by atoms with Crippen molar-refractivity contribution in [3.63, 3.8) is 0 Å². The molecule has 0 saturated carbocycles. The van der Waals surface area contributed by atoms with Crippen molar-refractivity contribution in [2.24, 2.45) is 0 Å². The predicted molar refractivity (Wildman–Crippen MR) is 95.9 cm³/mol. The fourth-order valence-electron chi connectivity index (χ4n) is 3.79. The van der Waals surface area contributed by atoms with E-state index < -0.39 is 37.3 Å². The van der Waals surface area contributed by atoms with Crippen molar-refractivity contribution >= 4 is 23.7 Å². The summed E-state index contributed by atoms with van der Waals surface area (Å²) in [6.45, 7) is -0.549. The number of carbonyl (C=O) groups is 2. The van der Waals surface area contributed by atoms with Crippen LogP contribution in [-0.4, -0.2) is 92.7 Å². The van der Waals surface area contributed by atoms with E-state index in [1.807, 2.05) is 11.8 Å². The van der Waals surface area contributed by atoms with Gasteiger partial charge < -0.3 is 41.1 Å². The zero-order valence-electron chi connectivity index (χ0n) is 14.8. The number of aliphatic hydroxyl groups excluding tert-OH is 4. The lowest BCUT2D eigenvalue weighted by atomic mass is 9.97. The molecule has 154 valence electrons. The fraction of sp³-hybridized carbons (Fsp3) is 0.875. The molecule has 10 nitrogen and oxygen atoms in total. The van der Waals surface area contributed by atoms with Gasteiger partial charge in [0.2, 0.25) is 5.91 Å². The average Bonchev–Trinajstić information content (AvgIpc) is 3.18. The van der Waals surface area contributed by atoms with E-state index in [4.69, 9.17) is 9.84 Å². The van der Waals surface area contributed by atoms with E-state index in [1.54, 1.807) is 0 Å². The predicted octanol–water partition coefficient (Wildman–Crippen LogP) is -2.37. The quantitative estimate of drug-likeness (QED) is 0.183. The van der Waals surface area contributed by atoms with Crippen LogP contribution >= 0.6 is 11.8 Å². The van der Waals surface area contributed by atoms with Crippen LogP contribution in [0.5, 0.6) is 0 Å². The highest BCUT2D eigenvalue weighted by molar-refractivity contribution is 8.00. The van der Waals surface area contributed by atoms with Crippen LogP contribution < -0.4 is 16.0 Å². The summed E-state index contributed by atoms with van der Waals surface area (Å²) in [5.41, 5.74) is 0. The van der Waals surface area contributed by atoms with Gasteiger partial charge in [0, 0.05) is 17.4 Å². The van der Waals surface area contributed by atoms with Crippen LogP contribution in [0.3, 0.4) is 0 Å². The van der Waals surface area contributed by atoms with Gasteiger partial charge in [0.1, 0.15) is 24.4 Å². The van der Waals surface area contributed by atoms with Gasteiger partial charge in [-0.15, -0.1) is 0 Å². The van der Waals surface area contributed by atoms with Gasteiger partial charge in [-0.25, -0.2) is 4.79 Å². The van der Waals surface area contributed by atoms with Crippen molar-refractivity contribution in [2.45, 2.75) is 73.7 Å². The Morgan fingerprint density at radius 3 is 2.74 bits per heavy atom. The van der Waals surface area contributed by atoms with Gasteiger partial charge in [-0.05, 0) is 12.8 Å².